The lowest BCUT2D eigenvalue weighted by molar-refractivity contribution is -0.240. The van der Waals surface area contributed by atoms with Gasteiger partial charge in [-0.25, -0.2) is 4.79 Å². The summed E-state index contributed by atoms with van der Waals surface area (Å²) in [6.07, 6.45) is 1.24. The molecule has 0 spiro atoms. The Kier molecular flexibility index (Phi) is 1.72. The highest BCUT2D eigenvalue weighted by molar-refractivity contribution is 5.78. The molecule has 4 fully saturated rings. The Morgan fingerprint density at radius 2 is 1.38 bits per heavy atom. The molecule has 4 aliphatic rings. The van der Waals surface area contributed by atoms with Crippen molar-refractivity contribution in [2.45, 2.75) is 32.9 Å². The van der Waals surface area contributed by atoms with Gasteiger partial charge in [0.2, 0.25) is 0 Å². The van der Waals surface area contributed by atoms with E-state index < -0.39 is 11.6 Å². The van der Waals surface area contributed by atoms with Crippen LogP contribution in [0.15, 0.2) is 0 Å². The van der Waals surface area contributed by atoms with E-state index in [1.807, 2.05) is 6.92 Å². The topological polar surface area (TPSA) is 43.8 Å². The van der Waals surface area contributed by atoms with Crippen LogP contribution in [-0.4, -0.2) is 52.7 Å². The molecule has 0 atom stereocenters. The van der Waals surface area contributed by atoms with Gasteiger partial charge in [0.1, 0.15) is 0 Å². The van der Waals surface area contributed by atoms with Crippen LogP contribution in [0.1, 0.15) is 27.2 Å². The van der Waals surface area contributed by atoms with Gasteiger partial charge in [0, 0.05) is 26.2 Å². The Balaban J connectivity index is 2.04. The number of carboxylic acids is 1. The molecule has 0 saturated carbocycles. The summed E-state index contributed by atoms with van der Waals surface area (Å²) in [6.45, 7) is 10.2. The summed E-state index contributed by atoms with van der Waals surface area (Å²) in [6, 6.07) is 0. The predicted molar refractivity (Wildman–Crippen MR) is 60.0 cm³/mol. The van der Waals surface area contributed by atoms with E-state index in [9.17, 15) is 9.90 Å². The maximum Gasteiger partial charge on any atom is 0.339 e. The summed E-state index contributed by atoms with van der Waals surface area (Å²) in [5.41, 5.74) is -0.181. The highest BCUT2D eigenvalue weighted by Gasteiger charge is 2.63. The Morgan fingerprint density at radius 3 is 1.69 bits per heavy atom. The van der Waals surface area contributed by atoms with Crippen molar-refractivity contribution in [2.24, 2.45) is 10.8 Å². The van der Waals surface area contributed by atoms with Crippen molar-refractivity contribution in [2.75, 3.05) is 26.2 Å². The van der Waals surface area contributed by atoms with Crippen LogP contribution in [0.25, 0.3) is 0 Å². The Bertz CT molecular complexity index is 330. The second-order valence-electron chi connectivity index (χ2n) is 6.84. The van der Waals surface area contributed by atoms with E-state index in [2.05, 4.69) is 23.6 Å². The van der Waals surface area contributed by atoms with Crippen molar-refractivity contribution in [1.82, 2.24) is 9.80 Å². The lowest BCUT2D eigenvalue weighted by Crippen LogP contribution is -2.81. The molecule has 0 aliphatic carbocycles. The highest BCUT2D eigenvalue weighted by Crippen LogP contribution is 2.53. The average Bonchev–Trinajstić information content (AvgIpc) is 2.09. The molecule has 4 rings (SSSR count). The van der Waals surface area contributed by atoms with E-state index in [0.717, 1.165) is 26.2 Å². The monoisotopic (exact) mass is 224 g/mol. The summed E-state index contributed by atoms with van der Waals surface area (Å²) in [7, 11) is 0. The first-order valence-corrected chi connectivity index (χ1v) is 6.01. The molecule has 90 valence electrons. The average molecular weight is 224 g/mol. The lowest BCUT2D eigenvalue weighted by atomic mass is 9.62. The maximum absolute atomic E-state index is 11.5. The van der Waals surface area contributed by atoms with Crippen LogP contribution in [0, 0.1) is 10.8 Å². The van der Waals surface area contributed by atoms with E-state index in [4.69, 9.17) is 0 Å². The minimum absolute atomic E-state index is 0.292. The molecule has 16 heavy (non-hydrogen) atoms. The van der Waals surface area contributed by atoms with Gasteiger partial charge >= 0.3 is 5.97 Å². The highest BCUT2D eigenvalue weighted by atomic mass is 16.4. The van der Waals surface area contributed by atoms with Crippen LogP contribution < -0.4 is 0 Å². The van der Waals surface area contributed by atoms with Crippen molar-refractivity contribution in [1.29, 1.82) is 0 Å². The quantitative estimate of drug-likeness (QED) is 0.716. The Labute approximate surface area is 96.2 Å². The fourth-order valence-electron chi connectivity index (χ4n) is 4.40. The van der Waals surface area contributed by atoms with Gasteiger partial charge in [-0.1, -0.05) is 13.8 Å². The van der Waals surface area contributed by atoms with Crippen LogP contribution in [-0.2, 0) is 4.79 Å². The van der Waals surface area contributed by atoms with E-state index >= 15 is 0 Å². The van der Waals surface area contributed by atoms with Crippen molar-refractivity contribution in [3.63, 3.8) is 0 Å². The molecule has 0 aromatic carbocycles. The molecule has 4 saturated heterocycles. The van der Waals surface area contributed by atoms with Crippen LogP contribution >= 0.6 is 0 Å². The van der Waals surface area contributed by atoms with Gasteiger partial charge < -0.3 is 5.11 Å². The molecule has 0 unspecified atom stereocenters. The van der Waals surface area contributed by atoms with Crippen LogP contribution in [0.2, 0.25) is 0 Å². The minimum atomic E-state index is -0.764. The smallest absolute Gasteiger partial charge is 0.339 e. The third-order valence-corrected chi connectivity index (χ3v) is 4.78. The van der Waals surface area contributed by atoms with Gasteiger partial charge in [-0.3, -0.25) is 9.80 Å². The second kappa shape index (κ2) is 2.62. The standard InChI is InChI=1S/C12H20N2O2/c1-10-4-11(2)7-13(5-10)12(3,9(15)16)14(6-10)8-11/h4-8H2,1-3H3,(H,15,16). The lowest BCUT2D eigenvalue weighted by Gasteiger charge is -2.68. The van der Waals surface area contributed by atoms with Crippen molar-refractivity contribution >= 4 is 5.97 Å². The SMILES string of the molecule is CC12CN3CC(C)(CN(C1)C3(C)C(=O)O)C2. The zero-order valence-corrected chi connectivity index (χ0v) is 10.3. The summed E-state index contributed by atoms with van der Waals surface area (Å²) in [5, 5.41) is 9.49. The van der Waals surface area contributed by atoms with E-state index in [-0.39, 0.29) is 0 Å². The normalized spacial score (nSPS) is 58.9. The molecule has 0 aromatic heterocycles. The summed E-state index contributed by atoms with van der Waals surface area (Å²) in [5.74, 6) is -0.696. The third-order valence-electron chi connectivity index (χ3n) is 4.78. The fourth-order valence-corrected chi connectivity index (χ4v) is 4.40. The first kappa shape index (κ1) is 10.5. The molecule has 4 heterocycles. The van der Waals surface area contributed by atoms with Crippen molar-refractivity contribution in [3.05, 3.63) is 0 Å². The number of aliphatic carboxylic acids is 1. The number of piperidine rings is 2. The zero-order chi connectivity index (χ0) is 11.8. The van der Waals surface area contributed by atoms with E-state index in [1.165, 1.54) is 6.42 Å². The Hall–Kier alpha value is -0.610. The van der Waals surface area contributed by atoms with Crippen molar-refractivity contribution in [3.8, 4) is 0 Å². The van der Waals surface area contributed by atoms with Crippen LogP contribution in [0.3, 0.4) is 0 Å². The second-order valence-corrected chi connectivity index (χ2v) is 6.84. The number of hydrogen-bond acceptors (Lipinski definition) is 3. The minimum Gasteiger partial charge on any atom is -0.479 e. The third kappa shape index (κ3) is 1.09. The van der Waals surface area contributed by atoms with Crippen LogP contribution in [0.5, 0.6) is 0 Å². The number of carbonyl (C=O) groups is 1. The molecule has 0 aromatic rings. The van der Waals surface area contributed by atoms with E-state index in [0.29, 0.717) is 10.8 Å². The van der Waals surface area contributed by atoms with Gasteiger partial charge in [0.25, 0.3) is 0 Å². The fraction of sp³-hybridized carbons (Fsp3) is 0.917. The predicted octanol–water partition coefficient (Wildman–Crippen LogP) is 0.835. The van der Waals surface area contributed by atoms with E-state index in [1.54, 1.807) is 0 Å². The van der Waals surface area contributed by atoms with Gasteiger partial charge in [0.05, 0.1) is 0 Å². The van der Waals surface area contributed by atoms with Gasteiger partial charge in [-0.15, -0.1) is 0 Å². The largest absolute Gasteiger partial charge is 0.479 e. The number of hydrogen-bond donors (Lipinski definition) is 1. The molecule has 4 bridgehead atoms. The van der Waals surface area contributed by atoms with Crippen molar-refractivity contribution < 1.29 is 9.90 Å². The van der Waals surface area contributed by atoms with Gasteiger partial charge in [-0.05, 0) is 24.2 Å². The van der Waals surface area contributed by atoms with Gasteiger partial charge in [0.15, 0.2) is 5.66 Å². The molecule has 4 aliphatic heterocycles. The number of nitrogens with zero attached hydrogens (tertiary/aromatic N) is 2. The first-order chi connectivity index (χ1) is 7.28. The summed E-state index contributed by atoms with van der Waals surface area (Å²) >= 11 is 0. The van der Waals surface area contributed by atoms with Crippen LogP contribution in [0.4, 0.5) is 0 Å². The molecule has 1 N–H and O–H groups in total. The first-order valence-electron chi connectivity index (χ1n) is 6.01. The molecular formula is C12H20N2O2. The summed E-state index contributed by atoms with van der Waals surface area (Å²) < 4.78 is 0. The molecular weight excluding hydrogens is 204 g/mol. The molecule has 4 heteroatoms. The van der Waals surface area contributed by atoms with Gasteiger partial charge in [-0.2, -0.15) is 0 Å². The Morgan fingerprint density at radius 1 is 1.00 bits per heavy atom. The number of carboxylic acid groups (broad SMARTS) is 1. The number of rotatable bonds is 1. The molecule has 0 radical (unpaired) electrons. The summed E-state index contributed by atoms with van der Waals surface area (Å²) in [4.78, 5) is 15.9. The molecule has 0 amide bonds. The maximum atomic E-state index is 11.5. The molecule has 4 nitrogen and oxygen atoms in total. The zero-order valence-electron chi connectivity index (χ0n) is 10.3.